The summed E-state index contributed by atoms with van der Waals surface area (Å²) in [6, 6.07) is 0. The average Bonchev–Trinajstić information content (AvgIpc) is 1.63. The van der Waals surface area contributed by atoms with Crippen molar-refractivity contribution in [1.29, 1.82) is 0 Å². The molecule has 0 aromatic rings. The van der Waals surface area contributed by atoms with E-state index < -0.39 is 11.7 Å². The summed E-state index contributed by atoms with van der Waals surface area (Å²) in [5, 5.41) is 7.93. The fourth-order valence-corrected chi connectivity index (χ4v) is 0.548. The van der Waals surface area contributed by atoms with Gasteiger partial charge in [0.1, 0.15) is 0 Å². The van der Waals surface area contributed by atoms with E-state index in [1.165, 1.54) is 6.08 Å². The highest BCUT2D eigenvalue weighted by atomic mass is 35.5. The molecule has 0 aromatic carbocycles. The minimum absolute atomic E-state index is 1.00. The molecule has 1 atom stereocenters. The Labute approximate surface area is 61.8 Å². The second kappa shape index (κ2) is 4.47. The molecular formula is C4H4Cl2O3. The van der Waals surface area contributed by atoms with Gasteiger partial charge in [0.25, 0.3) is 0 Å². The Bertz CT molecular complexity index is 123. The summed E-state index contributed by atoms with van der Waals surface area (Å²) in [4.78, 5) is 9.70. The van der Waals surface area contributed by atoms with E-state index >= 15 is 0 Å². The number of rotatable bonds is 2. The molecule has 0 heterocycles. The normalized spacial score (nSPS) is 13.6. The topological polar surface area (TPSA) is 46.5 Å². The highest BCUT2D eigenvalue weighted by Crippen LogP contribution is 2.00. The van der Waals surface area contributed by atoms with Crippen LogP contribution in [0.2, 0.25) is 0 Å². The molecule has 3 nitrogen and oxygen atoms in total. The van der Waals surface area contributed by atoms with Crippen molar-refractivity contribution >= 4 is 29.4 Å². The third kappa shape index (κ3) is 5.46. The fourth-order valence-electron chi connectivity index (χ4n) is 0.193. The van der Waals surface area contributed by atoms with Gasteiger partial charge in [-0.1, -0.05) is 23.2 Å². The predicted octanol–water partition coefficient (Wildman–Crippen LogP) is 2.00. The van der Waals surface area contributed by atoms with Crippen molar-refractivity contribution in [2.24, 2.45) is 0 Å². The van der Waals surface area contributed by atoms with Gasteiger partial charge in [-0.3, -0.25) is 0 Å². The Balaban J connectivity index is 3.50. The molecule has 0 spiro atoms. The van der Waals surface area contributed by atoms with Gasteiger partial charge in [-0.25, -0.2) is 4.79 Å². The first-order valence-corrected chi connectivity index (χ1v) is 2.84. The maximum atomic E-state index is 9.70. The number of alkyl halides is 1. The second-order valence-electron chi connectivity index (χ2n) is 1.05. The molecule has 0 aliphatic heterocycles. The first-order chi connectivity index (χ1) is 4.16. The summed E-state index contributed by atoms with van der Waals surface area (Å²) in [5.41, 5.74) is 0.0839. The lowest BCUT2D eigenvalue weighted by Crippen LogP contribution is -2.06. The van der Waals surface area contributed by atoms with Crippen LogP contribution in [0.3, 0.4) is 0 Å². The van der Waals surface area contributed by atoms with Gasteiger partial charge in [0.05, 0.1) is 0 Å². The van der Waals surface area contributed by atoms with Crippen LogP contribution < -0.4 is 0 Å². The maximum Gasteiger partial charge on any atom is 0.507 e. The van der Waals surface area contributed by atoms with Crippen molar-refractivity contribution in [3.05, 3.63) is 11.6 Å². The fraction of sp³-hybridized carbons (Fsp3) is 0.250. The summed E-state index contributed by atoms with van der Waals surface area (Å²) in [6.45, 7) is 0. The molecule has 0 aliphatic carbocycles. The van der Waals surface area contributed by atoms with Crippen LogP contribution in [0.4, 0.5) is 4.79 Å². The summed E-state index contributed by atoms with van der Waals surface area (Å²) in [6.07, 6.45) is -0.234. The van der Waals surface area contributed by atoms with Gasteiger partial charge in [-0.15, -0.1) is 0 Å². The molecule has 1 unspecified atom stereocenters. The van der Waals surface area contributed by atoms with Crippen molar-refractivity contribution in [3.63, 3.8) is 0 Å². The minimum Gasteiger partial charge on any atom is -0.450 e. The van der Waals surface area contributed by atoms with Crippen LogP contribution >= 0.6 is 23.2 Å². The van der Waals surface area contributed by atoms with E-state index in [9.17, 15) is 4.79 Å². The van der Waals surface area contributed by atoms with Crippen molar-refractivity contribution in [3.8, 4) is 0 Å². The zero-order valence-electron chi connectivity index (χ0n) is 4.25. The number of carboxylic acid groups (broad SMARTS) is 1. The Kier molecular flexibility index (Phi) is 4.26. The van der Waals surface area contributed by atoms with Crippen molar-refractivity contribution < 1.29 is 14.6 Å². The lowest BCUT2D eigenvalue weighted by molar-refractivity contribution is 0.0918. The van der Waals surface area contributed by atoms with E-state index in [-0.39, 0.29) is 0 Å². The Hall–Kier alpha value is -0.410. The highest BCUT2D eigenvalue weighted by Gasteiger charge is 2.03. The number of halogens is 2. The van der Waals surface area contributed by atoms with Crippen molar-refractivity contribution in [1.82, 2.24) is 0 Å². The van der Waals surface area contributed by atoms with Crippen LogP contribution in [0.15, 0.2) is 11.6 Å². The molecule has 5 heteroatoms. The van der Waals surface area contributed by atoms with Gasteiger partial charge in [-0.05, 0) is 6.08 Å². The van der Waals surface area contributed by atoms with Crippen LogP contribution in [0.1, 0.15) is 0 Å². The summed E-state index contributed by atoms with van der Waals surface area (Å²) in [5.74, 6) is 0. The van der Waals surface area contributed by atoms with Gasteiger partial charge in [0.15, 0.2) is 5.56 Å². The lowest BCUT2D eigenvalue weighted by Gasteiger charge is -1.99. The molecule has 0 saturated heterocycles. The molecule has 0 aromatic heterocycles. The molecule has 1 N–H and O–H groups in total. The molecule has 52 valence electrons. The van der Waals surface area contributed by atoms with Gasteiger partial charge in [0.2, 0.25) is 0 Å². The zero-order valence-corrected chi connectivity index (χ0v) is 5.76. The van der Waals surface area contributed by atoms with E-state index in [1.807, 2.05) is 0 Å². The van der Waals surface area contributed by atoms with Gasteiger partial charge >= 0.3 is 6.16 Å². The summed E-state index contributed by atoms with van der Waals surface area (Å²) >= 11 is 10.2. The second-order valence-corrected chi connectivity index (χ2v) is 1.74. The molecule has 0 amide bonds. The average molecular weight is 171 g/mol. The SMILES string of the molecule is O=C(O)OC(Cl)C=CCl. The molecule has 0 aliphatic rings. The van der Waals surface area contributed by atoms with Gasteiger partial charge in [-0.2, -0.15) is 0 Å². The molecule has 0 bridgehead atoms. The quantitative estimate of drug-likeness (QED) is 0.510. The highest BCUT2D eigenvalue weighted by molar-refractivity contribution is 6.27. The third-order valence-electron chi connectivity index (χ3n) is 0.437. The molecule has 0 rings (SSSR count). The largest absolute Gasteiger partial charge is 0.507 e. The van der Waals surface area contributed by atoms with E-state index in [2.05, 4.69) is 4.74 Å². The molecule has 9 heavy (non-hydrogen) atoms. The van der Waals surface area contributed by atoms with Crippen LogP contribution in [0, 0.1) is 0 Å². The van der Waals surface area contributed by atoms with Crippen molar-refractivity contribution in [2.75, 3.05) is 0 Å². The minimum atomic E-state index is -1.43. The number of hydrogen-bond donors (Lipinski definition) is 1. The van der Waals surface area contributed by atoms with E-state index in [0.717, 1.165) is 5.54 Å². The summed E-state index contributed by atoms with van der Waals surface area (Å²) in [7, 11) is 0. The zero-order chi connectivity index (χ0) is 7.28. The van der Waals surface area contributed by atoms with Gasteiger partial charge < -0.3 is 9.84 Å². The lowest BCUT2D eigenvalue weighted by atomic mass is 10.7. The third-order valence-corrected chi connectivity index (χ3v) is 0.817. The summed E-state index contributed by atoms with van der Waals surface area (Å²) < 4.78 is 4.00. The van der Waals surface area contributed by atoms with E-state index in [0.29, 0.717) is 0 Å². The first-order valence-electron chi connectivity index (χ1n) is 1.97. The van der Waals surface area contributed by atoms with E-state index in [1.54, 1.807) is 0 Å². The van der Waals surface area contributed by atoms with Crippen LogP contribution in [0.25, 0.3) is 0 Å². The predicted molar refractivity (Wildman–Crippen MR) is 33.7 cm³/mol. The maximum absolute atomic E-state index is 9.70. The van der Waals surface area contributed by atoms with Crippen LogP contribution in [0.5, 0.6) is 0 Å². The van der Waals surface area contributed by atoms with Crippen LogP contribution in [-0.2, 0) is 4.74 Å². The number of carbonyl (C=O) groups is 1. The van der Waals surface area contributed by atoms with Crippen LogP contribution in [-0.4, -0.2) is 16.8 Å². The monoisotopic (exact) mass is 170 g/mol. The number of ether oxygens (including phenoxy) is 1. The molecule has 0 radical (unpaired) electrons. The molecular weight excluding hydrogens is 167 g/mol. The molecule has 0 saturated carbocycles. The Morgan fingerprint density at radius 2 is 2.33 bits per heavy atom. The van der Waals surface area contributed by atoms with Gasteiger partial charge in [0, 0.05) is 5.54 Å². The smallest absolute Gasteiger partial charge is 0.450 e. The number of hydrogen-bond acceptors (Lipinski definition) is 2. The standard InChI is InChI=1S/C4H4Cl2O3/c5-2-1-3(6)9-4(7)8/h1-3H,(H,7,8). The van der Waals surface area contributed by atoms with E-state index in [4.69, 9.17) is 28.3 Å². The Morgan fingerprint density at radius 3 is 2.67 bits per heavy atom. The Morgan fingerprint density at radius 1 is 1.78 bits per heavy atom. The van der Waals surface area contributed by atoms with Crippen molar-refractivity contribution in [2.45, 2.75) is 5.56 Å². The first kappa shape index (κ1) is 8.59. The molecule has 0 fully saturated rings.